The molecule has 3 aromatic heterocycles. The molecule has 0 aliphatic carbocycles. The van der Waals surface area contributed by atoms with Gasteiger partial charge in [-0.25, -0.2) is 9.97 Å². The molecule has 0 aliphatic heterocycles. The molecule has 0 fully saturated rings. The molecule has 26 heavy (non-hydrogen) atoms. The molecule has 0 aliphatic rings. The van der Waals surface area contributed by atoms with E-state index in [1.54, 1.807) is 38.6 Å². The summed E-state index contributed by atoms with van der Waals surface area (Å²) >= 11 is 0. The molecule has 7 nitrogen and oxygen atoms in total. The number of fused-ring (bicyclic) bond motifs is 1. The van der Waals surface area contributed by atoms with Gasteiger partial charge in [0.05, 0.1) is 0 Å². The summed E-state index contributed by atoms with van der Waals surface area (Å²) in [6.45, 7) is 1.86. The van der Waals surface area contributed by atoms with E-state index in [2.05, 4.69) is 15.0 Å². The number of nitrogens with zero attached hydrogens (tertiary/aromatic N) is 3. The summed E-state index contributed by atoms with van der Waals surface area (Å²) in [7, 11) is 3.39. The third kappa shape index (κ3) is 3.32. The van der Waals surface area contributed by atoms with Crippen molar-refractivity contribution in [2.45, 2.75) is 6.92 Å². The fraction of sp³-hybridized carbons (Fsp3) is 0.158. The zero-order chi connectivity index (χ0) is 18.8. The smallest absolute Gasteiger partial charge is 0.271 e. The van der Waals surface area contributed by atoms with E-state index in [4.69, 9.17) is 5.73 Å². The van der Waals surface area contributed by atoms with Gasteiger partial charge in [-0.3, -0.25) is 9.59 Å². The maximum atomic E-state index is 12.1. The first-order valence-electron chi connectivity index (χ1n) is 8.01. The van der Waals surface area contributed by atoms with Crippen molar-refractivity contribution >= 4 is 28.9 Å². The minimum atomic E-state index is -0.510. The molecule has 2 amide bonds. The summed E-state index contributed by atoms with van der Waals surface area (Å²) in [5.41, 5.74) is 9.60. The van der Waals surface area contributed by atoms with Crippen molar-refractivity contribution in [2.24, 2.45) is 5.73 Å². The van der Waals surface area contributed by atoms with E-state index in [-0.39, 0.29) is 5.91 Å². The summed E-state index contributed by atoms with van der Waals surface area (Å²) < 4.78 is 0. The highest BCUT2D eigenvalue weighted by Gasteiger charge is 2.13. The Balaban J connectivity index is 2.04. The zero-order valence-electron chi connectivity index (χ0n) is 14.8. The summed E-state index contributed by atoms with van der Waals surface area (Å²) in [4.78, 5) is 36.4. The van der Waals surface area contributed by atoms with Crippen LogP contribution in [0.4, 0.5) is 0 Å². The molecule has 0 radical (unpaired) electrons. The van der Waals surface area contributed by atoms with E-state index in [9.17, 15) is 9.59 Å². The SMILES string of the molecule is Cc1nc(C(=O)N(C)C)ccc1-c1cnc2[nH]cc(/C=C/C(N)=O)c2c1. The predicted molar refractivity (Wildman–Crippen MR) is 100 cm³/mol. The molecule has 0 saturated carbocycles. The molecule has 7 heteroatoms. The molecule has 0 spiro atoms. The Kier molecular flexibility index (Phi) is 4.53. The van der Waals surface area contributed by atoms with E-state index < -0.39 is 5.91 Å². The number of aromatic nitrogens is 3. The minimum Gasteiger partial charge on any atom is -0.366 e. The molecule has 0 bridgehead atoms. The molecule has 3 heterocycles. The maximum Gasteiger partial charge on any atom is 0.271 e. The third-order valence-corrected chi connectivity index (χ3v) is 4.01. The van der Waals surface area contributed by atoms with Gasteiger partial charge in [0.25, 0.3) is 5.91 Å². The Bertz CT molecular complexity index is 1030. The van der Waals surface area contributed by atoms with E-state index >= 15 is 0 Å². The van der Waals surface area contributed by atoms with Gasteiger partial charge >= 0.3 is 0 Å². The van der Waals surface area contributed by atoms with Crippen molar-refractivity contribution < 1.29 is 9.59 Å². The van der Waals surface area contributed by atoms with Crippen LogP contribution >= 0.6 is 0 Å². The summed E-state index contributed by atoms with van der Waals surface area (Å²) in [5.74, 6) is -0.651. The van der Waals surface area contributed by atoms with Gasteiger partial charge in [-0.1, -0.05) is 6.07 Å². The topological polar surface area (TPSA) is 105 Å². The minimum absolute atomic E-state index is 0.141. The van der Waals surface area contributed by atoms with Crippen LogP contribution in [-0.2, 0) is 4.79 Å². The lowest BCUT2D eigenvalue weighted by molar-refractivity contribution is -0.113. The van der Waals surface area contributed by atoms with Gasteiger partial charge in [0.1, 0.15) is 11.3 Å². The summed E-state index contributed by atoms with van der Waals surface area (Å²) in [6.07, 6.45) is 6.48. The second kappa shape index (κ2) is 6.79. The van der Waals surface area contributed by atoms with Crippen LogP contribution in [0.1, 0.15) is 21.7 Å². The number of aromatic amines is 1. The predicted octanol–water partition coefficient (Wildman–Crippen LogP) is 2.13. The van der Waals surface area contributed by atoms with Gasteiger partial charge in [0.2, 0.25) is 5.91 Å². The fourth-order valence-electron chi connectivity index (χ4n) is 2.70. The second-order valence-electron chi connectivity index (χ2n) is 6.13. The van der Waals surface area contributed by atoms with Crippen LogP contribution in [0, 0.1) is 6.92 Å². The van der Waals surface area contributed by atoms with E-state index in [0.717, 1.165) is 27.8 Å². The highest BCUT2D eigenvalue weighted by Crippen LogP contribution is 2.27. The van der Waals surface area contributed by atoms with Gasteiger partial charge in [0.15, 0.2) is 0 Å². The van der Waals surface area contributed by atoms with Gasteiger partial charge in [-0.15, -0.1) is 0 Å². The number of hydrogen-bond acceptors (Lipinski definition) is 4. The highest BCUT2D eigenvalue weighted by molar-refractivity contribution is 5.96. The molecule has 0 aromatic carbocycles. The molecule has 3 aromatic rings. The molecule has 0 saturated heterocycles. The first-order valence-corrected chi connectivity index (χ1v) is 8.01. The summed E-state index contributed by atoms with van der Waals surface area (Å²) in [5, 5.41) is 0.868. The monoisotopic (exact) mass is 349 g/mol. The number of primary amides is 1. The lowest BCUT2D eigenvalue weighted by atomic mass is 10.0. The normalized spacial score (nSPS) is 11.2. The molecule has 0 atom stereocenters. The number of aryl methyl sites for hydroxylation is 1. The largest absolute Gasteiger partial charge is 0.366 e. The number of amides is 2. The number of hydrogen-bond donors (Lipinski definition) is 2. The van der Waals surface area contributed by atoms with Crippen LogP contribution in [0.3, 0.4) is 0 Å². The number of pyridine rings is 2. The van der Waals surface area contributed by atoms with Crippen LogP contribution in [0.2, 0.25) is 0 Å². The van der Waals surface area contributed by atoms with E-state index in [0.29, 0.717) is 11.3 Å². The van der Waals surface area contributed by atoms with Crippen LogP contribution in [0.15, 0.2) is 36.7 Å². The van der Waals surface area contributed by atoms with E-state index in [1.807, 2.05) is 19.1 Å². The van der Waals surface area contributed by atoms with Gasteiger partial charge in [0, 0.05) is 60.3 Å². The van der Waals surface area contributed by atoms with Gasteiger partial charge in [-0.2, -0.15) is 0 Å². The highest BCUT2D eigenvalue weighted by atomic mass is 16.2. The number of rotatable bonds is 4. The molecule has 0 unspecified atom stereocenters. The first-order chi connectivity index (χ1) is 12.4. The summed E-state index contributed by atoms with van der Waals surface area (Å²) in [6, 6.07) is 5.55. The Morgan fingerprint density at radius 1 is 1.27 bits per heavy atom. The molecule has 3 N–H and O–H groups in total. The van der Waals surface area contributed by atoms with Crippen molar-refractivity contribution in [3.05, 3.63) is 53.6 Å². The molecular formula is C19H19N5O2. The Morgan fingerprint density at radius 3 is 2.69 bits per heavy atom. The van der Waals surface area contributed by atoms with Gasteiger partial charge < -0.3 is 15.6 Å². The number of H-pyrrole nitrogens is 1. The second-order valence-corrected chi connectivity index (χ2v) is 6.13. The Labute approximate surface area is 150 Å². The van der Waals surface area contributed by atoms with Crippen LogP contribution < -0.4 is 5.73 Å². The van der Waals surface area contributed by atoms with Crippen molar-refractivity contribution in [3.8, 4) is 11.1 Å². The third-order valence-electron chi connectivity index (χ3n) is 4.01. The quantitative estimate of drug-likeness (QED) is 0.704. The Morgan fingerprint density at radius 2 is 2.04 bits per heavy atom. The standard InChI is InChI=1S/C19H19N5O2/c1-11-14(5-6-16(23-11)19(26)24(2)3)13-8-15-12(4-7-17(20)25)9-21-18(15)22-10-13/h4-10H,1-3H3,(H2,20,25)(H,21,22)/b7-4+. The Hall–Kier alpha value is -3.48. The fourth-order valence-corrected chi connectivity index (χ4v) is 2.70. The number of carbonyl (C=O) groups excluding carboxylic acids is 2. The van der Waals surface area contributed by atoms with Crippen LogP contribution in [0.5, 0.6) is 0 Å². The van der Waals surface area contributed by atoms with E-state index in [1.165, 1.54) is 11.0 Å². The zero-order valence-corrected chi connectivity index (χ0v) is 14.8. The first kappa shape index (κ1) is 17.3. The van der Waals surface area contributed by atoms with Crippen molar-refractivity contribution in [1.29, 1.82) is 0 Å². The number of carbonyl (C=O) groups is 2. The van der Waals surface area contributed by atoms with Crippen LogP contribution in [-0.4, -0.2) is 45.8 Å². The maximum absolute atomic E-state index is 12.1. The van der Waals surface area contributed by atoms with Crippen molar-refractivity contribution in [1.82, 2.24) is 19.9 Å². The van der Waals surface area contributed by atoms with Crippen molar-refractivity contribution in [2.75, 3.05) is 14.1 Å². The number of nitrogens with two attached hydrogens (primary N) is 1. The average Bonchev–Trinajstić information content (AvgIpc) is 3.01. The van der Waals surface area contributed by atoms with Crippen LogP contribution in [0.25, 0.3) is 28.2 Å². The van der Waals surface area contributed by atoms with Crippen molar-refractivity contribution in [3.63, 3.8) is 0 Å². The lowest BCUT2D eigenvalue weighted by Crippen LogP contribution is -2.23. The lowest BCUT2D eigenvalue weighted by Gasteiger charge is -2.12. The molecule has 132 valence electrons. The van der Waals surface area contributed by atoms with Gasteiger partial charge in [-0.05, 0) is 25.1 Å². The average molecular weight is 349 g/mol. The molecule has 3 rings (SSSR count). The number of nitrogens with one attached hydrogen (secondary N) is 1. The molecular weight excluding hydrogens is 330 g/mol.